The van der Waals surface area contributed by atoms with E-state index in [9.17, 15) is 10.1 Å². The third-order valence-corrected chi connectivity index (χ3v) is 7.20. The first-order valence-corrected chi connectivity index (χ1v) is 10.6. The van der Waals surface area contributed by atoms with E-state index in [0.29, 0.717) is 35.1 Å². The first kappa shape index (κ1) is 20.5. The molecule has 3 N–H and O–H groups in total. The number of nitriles is 1. The number of hydrogen-bond acceptors (Lipinski definition) is 5. The highest BCUT2D eigenvalue weighted by molar-refractivity contribution is 5.91. The minimum atomic E-state index is -0.861. The number of primary amides is 1. The molecule has 0 radical (unpaired) electrons. The lowest BCUT2D eigenvalue weighted by Gasteiger charge is -2.57. The Bertz CT molecular complexity index is 888. The van der Waals surface area contributed by atoms with Crippen LogP contribution in [0.15, 0.2) is 29.3 Å². The molecule has 7 heteroatoms. The van der Waals surface area contributed by atoms with E-state index in [0.717, 1.165) is 32.1 Å². The molecule has 1 amide bonds. The molecule has 5 rings (SSSR count). The molecule has 0 heterocycles. The Morgan fingerprint density at radius 3 is 2.43 bits per heavy atom. The highest BCUT2D eigenvalue weighted by Crippen LogP contribution is 2.60. The van der Waals surface area contributed by atoms with E-state index >= 15 is 0 Å². The molecular formula is C23H30N4O3. The minimum absolute atomic E-state index is 0.0745. The fraction of sp³-hybridized carbons (Fsp3) is 0.609. The fourth-order valence-electron chi connectivity index (χ4n) is 6.08. The number of benzene rings is 1. The van der Waals surface area contributed by atoms with Gasteiger partial charge in [0.05, 0.1) is 13.2 Å². The van der Waals surface area contributed by atoms with Crippen molar-refractivity contribution in [1.82, 2.24) is 5.32 Å². The molecule has 2 unspecified atom stereocenters. The summed E-state index contributed by atoms with van der Waals surface area (Å²) in [4.78, 5) is 17.2. The van der Waals surface area contributed by atoms with E-state index in [1.165, 1.54) is 0 Å². The topological polar surface area (TPSA) is 110 Å². The van der Waals surface area contributed by atoms with Crippen LogP contribution in [0.3, 0.4) is 0 Å². The third-order valence-electron chi connectivity index (χ3n) is 7.20. The molecule has 4 fully saturated rings. The highest BCUT2D eigenvalue weighted by Gasteiger charge is 2.58. The largest absolute Gasteiger partial charge is 0.493 e. The zero-order chi connectivity index (χ0) is 21.5. The van der Waals surface area contributed by atoms with Gasteiger partial charge in [-0.3, -0.25) is 15.1 Å². The van der Waals surface area contributed by atoms with Crippen molar-refractivity contribution in [1.29, 1.82) is 5.26 Å². The molecule has 4 saturated carbocycles. The Kier molecular flexibility index (Phi) is 5.13. The summed E-state index contributed by atoms with van der Waals surface area (Å²) in [5.41, 5.74) is 4.59. The minimum Gasteiger partial charge on any atom is -0.493 e. The summed E-state index contributed by atoms with van der Waals surface area (Å²) in [6.45, 7) is 3.78. The van der Waals surface area contributed by atoms with Crippen molar-refractivity contribution in [2.24, 2.45) is 33.9 Å². The molecule has 2 atom stereocenters. The molecule has 0 aliphatic heterocycles. The van der Waals surface area contributed by atoms with Crippen LogP contribution in [0.4, 0.5) is 0 Å². The summed E-state index contributed by atoms with van der Waals surface area (Å²) in [5.74, 6) is 2.77. The van der Waals surface area contributed by atoms with Crippen LogP contribution in [0.5, 0.6) is 11.5 Å². The molecule has 0 aromatic heterocycles. The number of nitrogens with one attached hydrogen (secondary N) is 1. The quantitative estimate of drug-likeness (QED) is 0.324. The van der Waals surface area contributed by atoms with Crippen molar-refractivity contribution in [3.05, 3.63) is 24.3 Å². The average Bonchev–Trinajstić information content (AvgIpc) is 2.69. The molecule has 4 aliphatic rings. The van der Waals surface area contributed by atoms with Gasteiger partial charge in [0.2, 0.25) is 5.91 Å². The molecule has 4 aliphatic carbocycles. The maximum Gasteiger partial charge on any atom is 0.223 e. The van der Waals surface area contributed by atoms with Gasteiger partial charge in [-0.25, -0.2) is 0 Å². The lowest BCUT2D eigenvalue weighted by atomic mass is 9.48. The lowest BCUT2D eigenvalue weighted by molar-refractivity contribution is -0.144. The van der Waals surface area contributed by atoms with Crippen molar-refractivity contribution < 1.29 is 14.3 Å². The van der Waals surface area contributed by atoms with Crippen LogP contribution in [-0.2, 0) is 4.79 Å². The van der Waals surface area contributed by atoms with E-state index in [1.807, 2.05) is 44.3 Å². The molecule has 0 saturated heterocycles. The summed E-state index contributed by atoms with van der Waals surface area (Å²) in [7, 11) is 1.60. The monoisotopic (exact) mass is 410 g/mol. The number of carbonyl (C=O) groups is 1. The van der Waals surface area contributed by atoms with Gasteiger partial charge < -0.3 is 15.2 Å². The summed E-state index contributed by atoms with van der Waals surface area (Å²) in [6, 6.07) is 7.50. The number of rotatable bonds is 6. The Morgan fingerprint density at radius 2 is 1.87 bits per heavy atom. The maximum atomic E-state index is 12.2. The lowest BCUT2D eigenvalue weighted by Crippen LogP contribution is -2.58. The number of ether oxygens (including phenoxy) is 2. The second kappa shape index (κ2) is 7.50. The van der Waals surface area contributed by atoms with Crippen LogP contribution in [0.2, 0.25) is 0 Å². The fourth-order valence-corrected chi connectivity index (χ4v) is 6.08. The van der Waals surface area contributed by atoms with Crippen molar-refractivity contribution in [2.75, 3.05) is 7.11 Å². The van der Waals surface area contributed by atoms with Crippen LogP contribution in [0, 0.1) is 34.6 Å². The van der Waals surface area contributed by atoms with Gasteiger partial charge >= 0.3 is 0 Å². The Morgan fingerprint density at radius 1 is 1.23 bits per heavy atom. The van der Waals surface area contributed by atoms with E-state index in [2.05, 4.69) is 5.32 Å². The van der Waals surface area contributed by atoms with Crippen LogP contribution in [0.1, 0.15) is 46.0 Å². The zero-order valence-corrected chi connectivity index (χ0v) is 17.9. The van der Waals surface area contributed by atoms with Crippen LogP contribution >= 0.6 is 0 Å². The number of carbonyl (C=O) groups excluding carboxylic acids is 1. The van der Waals surface area contributed by atoms with E-state index in [4.69, 9.17) is 20.2 Å². The molecule has 7 nitrogen and oxygen atoms in total. The summed E-state index contributed by atoms with van der Waals surface area (Å²) in [5, 5.41) is 12.1. The molecular weight excluding hydrogens is 380 g/mol. The predicted octanol–water partition coefficient (Wildman–Crippen LogP) is 3.00. The van der Waals surface area contributed by atoms with Gasteiger partial charge in [-0.05, 0) is 75.8 Å². The van der Waals surface area contributed by atoms with Crippen molar-refractivity contribution in [2.45, 2.75) is 57.6 Å². The van der Waals surface area contributed by atoms with Gasteiger partial charge in [0.1, 0.15) is 0 Å². The van der Waals surface area contributed by atoms with Crippen LogP contribution in [0.25, 0.3) is 0 Å². The number of amidine groups is 1. The molecule has 1 aromatic carbocycles. The van der Waals surface area contributed by atoms with Gasteiger partial charge in [-0.2, -0.15) is 5.26 Å². The Balaban J connectivity index is 1.61. The number of nitrogens with zero attached hydrogens (tertiary/aromatic N) is 2. The Labute approximate surface area is 177 Å². The number of methoxy groups -OCH3 is 1. The first-order chi connectivity index (χ1) is 14.3. The molecule has 0 spiro atoms. The number of para-hydroxylation sites is 2. The molecule has 160 valence electrons. The van der Waals surface area contributed by atoms with E-state index in [-0.39, 0.29) is 17.4 Å². The van der Waals surface area contributed by atoms with E-state index < -0.39 is 5.60 Å². The second-order valence-corrected chi connectivity index (χ2v) is 9.58. The smallest absolute Gasteiger partial charge is 0.223 e. The predicted molar refractivity (Wildman–Crippen MR) is 113 cm³/mol. The molecule has 1 aromatic rings. The summed E-state index contributed by atoms with van der Waals surface area (Å²) < 4.78 is 11.6. The number of amides is 1. The normalized spacial score (nSPS) is 32.4. The van der Waals surface area contributed by atoms with Crippen molar-refractivity contribution >= 4 is 11.7 Å². The Hall–Kier alpha value is -2.75. The van der Waals surface area contributed by atoms with Gasteiger partial charge in [0.15, 0.2) is 29.1 Å². The van der Waals surface area contributed by atoms with Gasteiger partial charge in [0, 0.05) is 5.41 Å². The van der Waals surface area contributed by atoms with Gasteiger partial charge in [-0.15, -0.1) is 0 Å². The van der Waals surface area contributed by atoms with Gasteiger partial charge in [-0.1, -0.05) is 12.1 Å². The highest BCUT2D eigenvalue weighted by atomic mass is 16.5. The first-order valence-electron chi connectivity index (χ1n) is 10.6. The second-order valence-electron chi connectivity index (χ2n) is 9.58. The van der Waals surface area contributed by atoms with Gasteiger partial charge in [0.25, 0.3) is 0 Å². The third kappa shape index (κ3) is 3.49. The molecule has 4 bridgehead atoms. The van der Waals surface area contributed by atoms with E-state index in [1.54, 1.807) is 7.11 Å². The average molecular weight is 411 g/mol. The maximum absolute atomic E-state index is 12.2. The number of aliphatic imine (C=N–C) groups is 1. The summed E-state index contributed by atoms with van der Waals surface area (Å²) in [6.07, 6.45) is 6.71. The number of hydrogen-bond donors (Lipinski definition) is 2. The van der Waals surface area contributed by atoms with Crippen molar-refractivity contribution in [3.8, 4) is 17.7 Å². The standard InChI is InChI=1S/C23H30N4O3/c1-22(2,30-18-7-5-4-6-17(18)29-3)21(26-13-24)27-19-15-8-14-9-16(19)12-23(10-14,11-15)20(25)28/h4-7,14-16,19H,8-12H2,1-3H3,(H2,25,28)(H,26,27). The van der Waals surface area contributed by atoms with Crippen LogP contribution in [-0.4, -0.2) is 30.5 Å². The summed E-state index contributed by atoms with van der Waals surface area (Å²) >= 11 is 0. The molecule has 30 heavy (non-hydrogen) atoms. The number of nitrogens with two attached hydrogens (primary N) is 1. The zero-order valence-electron chi connectivity index (χ0n) is 17.9. The SMILES string of the molecule is COc1ccccc1OC(C)(C)C(=NC1C2CC3CC1CC(C(N)=O)(C3)C2)NC#N. The van der Waals surface area contributed by atoms with Crippen molar-refractivity contribution in [3.63, 3.8) is 0 Å². The van der Waals surface area contributed by atoms with Crippen LogP contribution < -0.4 is 20.5 Å².